The van der Waals surface area contributed by atoms with Gasteiger partial charge in [0.25, 0.3) is 0 Å². The Morgan fingerprint density at radius 1 is 1.00 bits per heavy atom. The fourth-order valence-electron chi connectivity index (χ4n) is 2.72. The van der Waals surface area contributed by atoms with Gasteiger partial charge in [-0.2, -0.15) is 0 Å². The first-order valence-electron chi connectivity index (χ1n) is 8.14. The highest BCUT2D eigenvalue weighted by Gasteiger charge is 2.17. The van der Waals surface area contributed by atoms with E-state index < -0.39 is 0 Å². The molecule has 0 N–H and O–H groups in total. The summed E-state index contributed by atoms with van der Waals surface area (Å²) >= 11 is 13.6. The molecule has 132 valence electrons. The van der Waals surface area contributed by atoms with Crippen LogP contribution in [0.5, 0.6) is 0 Å². The first kappa shape index (κ1) is 17.5. The maximum absolute atomic E-state index is 6.06. The molecular weight excluding hydrogens is 389 g/mol. The number of hydrogen-bond donors (Lipinski definition) is 0. The molecule has 0 saturated heterocycles. The highest BCUT2D eigenvalue weighted by Crippen LogP contribution is 2.31. The van der Waals surface area contributed by atoms with E-state index in [4.69, 9.17) is 27.6 Å². The van der Waals surface area contributed by atoms with E-state index >= 15 is 0 Å². The van der Waals surface area contributed by atoms with E-state index in [2.05, 4.69) is 21.7 Å². The number of fused-ring (bicyclic) bond motifs is 1. The Kier molecular flexibility index (Phi) is 4.94. The highest BCUT2D eigenvalue weighted by molar-refractivity contribution is 7.98. The molecule has 0 radical (unpaired) electrons. The third kappa shape index (κ3) is 3.47. The number of furan rings is 1. The van der Waals surface area contributed by atoms with Crippen molar-refractivity contribution in [3.63, 3.8) is 0 Å². The van der Waals surface area contributed by atoms with Crippen LogP contribution in [0.3, 0.4) is 0 Å². The standard InChI is InChI=1S/C19H15Cl2N3OS/c1-2-24-18(17-10-13-9-15(21)7-8-16(13)25-17)22-23-19(24)26-11-12-3-5-14(20)6-4-12/h3-10H,2,11H2,1H3. The summed E-state index contributed by atoms with van der Waals surface area (Å²) in [5, 5.41) is 11.9. The number of thioether (sulfide) groups is 1. The first-order valence-corrected chi connectivity index (χ1v) is 9.88. The van der Waals surface area contributed by atoms with Gasteiger partial charge in [-0.05, 0) is 48.9 Å². The number of halogens is 2. The van der Waals surface area contributed by atoms with Gasteiger partial charge in [-0.3, -0.25) is 4.57 Å². The molecule has 0 saturated carbocycles. The van der Waals surface area contributed by atoms with Gasteiger partial charge in [0.2, 0.25) is 5.82 Å². The lowest BCUT2D eigenvalue weighted by atomic mass is 10.2. The zero-order chi connectivity index (χ0) is 18.1. The Balaban J connectivity index is 1.62. The van der Waals surface area contributed by atoms with Crippen LogP contribution in [0, 0.1) is 0 Å². The predicted molar refractivity (Wildman–Crippen MR) is 107 cm³/mol. The van der Waals surface area contributed by atoms with Crippen molar-refractivity contribution in [3.8, 4) is 11.6 Å². The first-order chi connectivity index (χ1) is 12.6. The molecular formula is C19H15Cl2N3OS. The molecule has 0 amide bonds. The largest absolute Gasteiger partial charge is 0.453 e. The molecule has 4 nitrogen and oxygen atoms in total. The maximum atomic E-state index is 6.06. The summed E-state index contributed by atoms with van der Waals surface area (Å²) in [6.45, 7) is 2.82. The van der Waals surface area contributed by atoms with Crippen molar-refractivity contribution < 1.29 is 4.42 Å². The molecule has 0 bridgehead atoms. The van der Waals surface area contributed by atoms with Gasteiger partial charge in [0, 0.05) is 27.7 Å². The molecule has 0 unspecified atom stereocenters. The third-order valence-corrected chi connectivity index (χ3v) is 5.54. The summed E-state index contributed by atoms with van der Waals surface area (Å²) in [6.07, 6.45) is 0. The monoisotopic (exact) mass is 403 g/mol. The number of benzene rings is 2. The number of rotatable bonds is 5. The van der Waals surface area contributed by atoms with Crippen LogP contribution in [-0.2, 0) is 12.3 Å². The van der Waals surface area contributed by atoms with Crippen LogP contribution >= 0.6 is 35.0 Å². The number of hydrogen-bond acceptors (Lipinski definition) is 4. The van der Waals surface area contributed by atoms with E-state index in [1.54, 1.807) is 11.8 Å². The zero-order valence-electron chi connectivity index (χ0n) is 13.9. The van der Waals surface area contributed by atoms with Gasteiger partial charge < -0.3 is 4.42 Å². The molecule has 0 aliphatic heterocycles. The van der Waals surface area contributed by atoms with E-state index in [1.807, 2.05) is 48.5 Å². The molecule has 26 heavy (non-hydrogen) atoms. The molecule has 4 rings (SSSR count). The second kappa shape index (κ2) is 7.35. The summed E-state index contributed by atoms with van der Waals surface area (Å²) in [7, 11) is 0. The van der Waals surface area contributed by atoms with Crippen molar-refractivity contribution in [3.05, 3.63) is 64.1 Å². The average Bonchev–Trinajstić information content (AvgIpc) is 3.23. The fraction of sp³-hybridized carbons (Fsp3) is 0.158. The SMILES string of the molecule is CCn1c(SCc2ccc(Cl)cc2)nnc1-c1cc2cc(Cl)ccc2o1. The van der Waals surface area contributed by atoms with E-state index in [0.29, 0.717) is 10.8 Å². The molecule has 0 fully saturated rings. The quantitative estimate of drug-likeness (QED) is 0.366. The zero-order valence-corrected chi connectivity index (χ0v) is 16.3. The minimum Gasteiger partial charge on any atom is -0.453 e. The summed E-state index contributed by atoms with van der Waals surface area (Å²) in [5.41, 5.74) is 1.97. The molecule has 2 heterocycles. The van der Waals surface area contributed by atoms with Crippen molar-refractivity contribution in [1.29, 1.82) is 0 Å². The lowest BCUT2D eigenvalue weighted by Crippen LogP contribution is -1.99. The molecule has 4 aromatic rings. The highest BCUT2D eigenvalue weighted by atomic mass is 35.5. The van der Waals surface area contributed by atoms with E-state index in [0.717, 1.165) is 39.3 Å². The molecule has 7 heteroatoms. The van der Waals surface area contributed by atoms with Crippen molar-refractivity contribution >= 4 is 45.9 Å². The second-order valence-corrected chi connectivity index (χ2v) is 7.57. The third-order valence-electron chi connectivity index (χ3n) is 4.01. The van der Waals surface area contributed by atoms with Crippen molar-refractivity contribution in [2.24, 2.45) is 0 Å². The van der Waals surface area contributed by atoms with E-state index in [9.17, 15) is 0 Å². The van der Waals surface area contributed by atoms with Crippen LogP contribution in [0.25, 0.3) is 22.6 Å². The topological polar surface area (TPSA) is 43.9 Å². The predicted octanol–water partition coefficient (Wildman–Crippen LogP) is 6.31. The summed E-state index contributed by atoms with van der Waals surface area (Å²) in [5.74, 6) is 2.21. The van der Waals surface area contributed by atoms with Gasteiger partial charge in [-0.1, -0.05) is 47.1 Å². The van der Waals surface area contributed by atoms with Crippen LogP contribution in [0.4, 0.5) is 0 Å². The van der Waals surface area contributed by atoms with Crippen LogP contribution in [0.2, 0.25) is 10.0 Å². The molecule has 2 aromatic heterocycles. The summed E-state index contributed by atoms with van der Waals surface area (Å²) in [4.78, 5) is 0. The maximum Gasteiger partial charge on any atom is 0.200 e. The van der Waals surface area contributed by atoms with Crippen LogP contribution < -0.4 is 0 Å². The van der Waals surface area contributed by atoms with Crippen molar-refractivity contribution in [2.75, 3.05) is 0 Å². The Morgan fingerprint density at radius 3 is 2.54 bits per heavy atom. The van der Waals surface area contributed by atoms with Gasteiger partial charge in [0.05, 0.1) is 0 Å². The number of aromatic nitrogens is 3. The molecule has 0 aliphatic carbocycles. The lowest BCUT2D eigenvalue weighted by Gasteiger charge is -2.06. The minimum absolute atomic E-state index is 0.681. The summed E-state index contributed by atoms with van der Waals surface area (Å²) < 4.78 is 7.99. The van der Waals surface area contributed by atoms with Crippen LogP contribution in [0.15, 0.2) is 58.1 Å². The Morgan fingerprint density at radius 2 is 1.77 bits per heavy atom. The Labute approximate surface area is 165 Å². The van der Waals surface area contributed by atoms with Gasteiger partial charge in [0.15, 0.2) is 10.9 Å². The van der Waals surface area contributed by atoms with Crippen molar-refractivity contribution in [1.82, 2.24) is 14.8 Å². The van der Waals surface area contributed by atoms with Crippen LogP contribution in [-0.4, -0.2) is 14.8 Å². The Hall–Kier alpha value is -1.95. The number of nitrogens with zero attached hydrogens (tertiary/aromatic N) is 3. The molecule has 0 aliphatic rings. The van der Waals surface area contributed by atoms with Gasteiger partial charge in [-0.25, -0.2) is 0 Å². The fourth-order valence-corrected chi connectivity index (χ4v) is 3.98. The lowest BCUT2D eigenvalue weighted by molar-refractivity contribution is 0.607. The summed E-state index contributed by atoms with van der Waals surface area (Å²) in [6, 6.07) is 15.3. The second-order valence-electron chi connectivity index (χ2n) is 5.76. The van der Waals surface area contributed by atoms with Crippen LogP contribution in [0.1, 0.15) is 12.5 Å². The smallest absolute Gasteiger partial charge is 0.200 e. The minimum atomic E-state index is 0.681. The van der Waals surface area contributed by atoms with Gasteiger partial charge in [0.1, 0.15) is 5.58 Å². The Bertz CT molecular complexity index is 1060. The normalized spacial score (nSPS) is 11.3. The molecule has 0 spiro atoms. The van der Waals surface area contributed by atoms with E-state index in [1.165, 1.54) is 5.56 Å². The van der Waals surface area contributed by atoms with Gasteiger partial charge in [-0.15, -0.1) is 10.2 Å². The van der Waals surface area contributed by atoms with Gasteiger partial charge >= 0.3 is 0 Å². The molecule has 0 atom stereocenters. The van der Waals surface area contributed by atoms with Crippen molar-refractivity contribution in [2.45, 2.75) is 24.4 Å². The molecule has 2 aromatic carbocycles. The van der Waals surface area contributed by atoms with E-state index in [-0.39, 0.29) is 0 Å². The average molecular weight is 404 g/mol.